The maximum absolute atomic E-state index is 4.65. The fourth-order valence-electron chi connectivity index (χ4n) is 4.42. The van der Waals surface area contributed by atoms with Gasteiger partial charge < -0.3 is 14.8 Å². The first kappa shape index (κ1) is 20.1. The largest absolute Gasteiger partial charge is 0.367 e. The summed E-state index contributed by atoms with van der Waals surface area (Å²) < 4.78 is 2.14. The van der Waals surface area contributed by atoms with Crippen LogP contribution in [0, 0.1) is 0 Å². The topological polar surface area (TPSA) is 71.8 Å². The summed E-state index contributed by atoms with van der Waals surface area (Å²) >= 11 is 0. The van der Waals surface area contributed by atoms with Crippen LogP contribution in [-0.4, -0.2) is 35.9 Å². The summed E-state index contributed by atoms with van der Waals surface area (Å²) in [6, 6.07) is 12.9. The fraction of sp³-hybridized carbons (Fsp3) is 0.111. The first-order valence-corrected chi connectivity index (χ1v) is 11.2. The van der Waals surface area contributed by atoms with Crippen LogP contribution in [0.3, 0.4) is 0 Å². The molecule has 0 bridgehead atoms. The van der Waals surface area contributed by atoms with Crippen molar-refractivity contribution < 1.29 is 0 Å². The number of fused-ring (bicyclic) bond motifs is 2. The van der Waals surface area contributed by atoms with Crippen LogP contribution in [0.2, 0.25) is 0 Å². The maximum atomic E-state index is 4.65. The molecule has 0 atom stereocenters. The molecule has 166 valence electrons. The Labute approximate surface area is 197 Å². The number of benzene rings is 2. The molecule has 6 rings (SSSR count). The molecule has 1 N–H and O–H groups in total. The van der Waals surface area contributed by atoms with Crippen molar-refractivity contribution in [3.05, 3.63) is 103 Å². The number of rotatable bonds is 5. The Morgan fingerprint density at radius 2 is 1.88 bits per heavy atom. The molecule has 0 fully saturated rings. The third kappa shape index (κ3) is 3.88. The van der Waals surface area contributed by atoms with Crippen molar-refractivity contribution in [3.8, 4) is 11.1 Å². The molecule has 0 amide bonds. The average molecular weight is 446 g/mol. The van der Waals surface area contributed by atoms with E-state index in [0.29, 0.717) is 0 Å². The molecule has 1 aliphatic rings. The van der Waals surface area contributed by atoms with Crippen molar-refractivity contribution in [1.82, 2.24) is 29.4 Å². The normalized spacial score (nSPS) is 13.4. The Bertz CT molecular complexity index is 1550. The summed E-state index contributed by atoms with van der Waals surface area (Å²) in [6.45, 7) is 1.51. The van der Waals surface area contributed by atoms with Gasteiger partial charge in [-0.1, -0.05) is 12.1 Å². The smallest absolute Gasteiger partial charge is 0.115 e. The summed E-state index contributed by atoms with van der Waals surface area (Å²) in [5.74, 6) is 0. The van der Waals surface area contributed by atoms with E-state index in [1.165, 1.54) is 10.9 Å². The van der Waals surface area contributed by atoms with Crippen LogP contribution < -0.4 is 5.32 Å². The van der Waals surface area contributed by atoms with Gasteiger partial charge in [0.2, 0.25) is 0 Å². The lowest BCUT2D eigenvalue weighted by molar-refractivity contribution is 0.395. The van der Waals surface area contributed by atoms with E-state index in [0.717, 1.165) is 52.2 Å². The lowest BCUT2D eigenvalue weighted by Gasteiger charge is -2.25. The predicted molar refractivity (Wildman–Crippen MR) is 135 cm³/mol. The van der Waals surface area contributed by atoms with Gasteiger partial charge in [0.05, 0.1) is 17.6 Å². The Balaban J connectivity index is 1.33. The predicted octanol–water partition coefficient (Wildman–Crippen LogP) is 4.90. The molecule has 2 aromatic carbocycles. The molecule has 1 aliphatic heterocycles. The Morgan fingerprint density at radius 3 is 2.79 bits per heavy atom. The monoisotopic (exact) mass is 445 g/mol. The van der Waals surface area contributed by atoms with Crippen LogP contribution in [0.5, 0.6) is 0 Å². The molecule has 0 saturated carbocycles. The molecule has 5 aromatic rings. The highest BCUT2D eigenvalue weighted by Gasteiger charge is 2.13. The van der Waals surface area contributed by atoms with Gasteiger partial charge in [0.25, 0.3) is 0 Å². The first-order valence-electron chi connectivity index (χ1n) is 11.2. The fourth-order valence-corrected chi connectivity index (χ4v) is 4.42. The van der Waals surface area contributed by atoms with Gasteiger partial charge in [-0.2, -0.15) is 0 Å². The quantitative estimate of drug-likeness (QED) is 0.415. The zero-order valence-electron chi connectivity index (χ0n) is 18.8. The summed E-state index contributed by atoms with van der Waals surface area (Å²) in [4.78, 5) is 19.7. The van der Waals surface area contributed by atoms with E-state index in [-0.39, 0.29) is 0 Å². The molecule has 3 aromatic heterocycles. The Kier molecular flexibility index (Phi) is 4.99. The zero-order valence-corrected chi connectivity index (χ0v) is 18.8. The van der Waals surface area contributed by atoms with Gasteiger partial charge in [-0.3, -0.25) is 9.97 Å². The summed E-state index contributed by atoms with van der Waals surface area (Å²) in [5.41, 5.74) is 8.28. The second-order valence-electron chi connectivity index (χ2n) is 8.46. The second-order valence-corrected chi connectivity index (χ2v) is 8.46. The van der Waals surface area contributed by atoms with Gasteiger partial charge in [0, 0.05) is 72.6 Å². The SMILES string of the molecule is Cn1ccc2ccc(-c3cc(NC4=CC=CN(Cc5cncnc5)C4)cc4nccnc34)cc21. The van der Waals surface area contributed by atoms with Gasteiger partial charge in [0.15, 0.2) is 0 Å². The number of aryl methyl sites for hydroxylation is 1. The van der Waals surface area contributed by atoms with Gasteiger partial charge in [-0.25, -0.2) is 9.97 Å². The van der Waals surface area contributed by atoms with E-state index >= 15 is 0 Å². The van der Waals surface area contributed by atoms with E-state index in [9.17, 15) is 0 Å². The van der Waals surface area contributed by atoms with Crippen LogP contribution in [0.15, 0.2) is 97.8 Å². The molecule has 34 heavy (non-hydrogen) atoms. The number of aromatic nitrogens is 5. The molecule has 7 heteroatoms. The maximum Gasteiger partial charge on any atom is 0.115 e. The second kappa shape index (κ2) is 8.44. The number of nitrogens with zero attached hydrogens (tertiary/aromatic N) is 6. The number of nitrogens with one attached hydrogen (secondary N) is 1. The van der Waals surface area contributed by atoms with Crippen LogP contribution in [0.4, 0.5) is 5.69 Å². The molecule has 0 unspecified atom stereocenters. The highest BCUT2D eigenvalue weighted by Crippen LogP contribution is 2.32. The van der Waals surface area contributed by atoms with E-state index < -0.39 is 0 Å². The molecule has 0 radical (unpaired) electrons. The lowest BCUT2D eigenvalue weighted by Crippen LogP contribution is -2.24. The van der Waals surface area contributed by atoms with Crippen LogP contribution >= 0.6 is 0 Å². The van der Waals surface area contributed by atoms with Gasteiger partial charge >= 0.3 is 0 Å². The average Bonchev–Trinajstić information content (AvgIpc) is 3.24. The molecular formula is C27H23N7. The van der Waals surface area contributed by atoms with Crippen LogP contribution in [0.1, 0.15) is 5.56 Å². The van der Waals surface area contributed by atoms with Crippen LogP contribution in [0.25, 0.3) is 33.1 Å². The third-order valence-corrected chi connectivity index (χ3v) is 6.05. The molecular weight excluding hydrogens is 422 g/mol. The van der Waals surface area contributed by atoms with Crippen molar-refractivity contribution in [1.29, 1.82) is 0 Å². The van der Waals surface area contributed by atoms with Crippen molar-refractivity contribution in [3.63, 3.8) is 0 Å². The van der Waals surface area contributed by atoms with Crippen molar-refractivity contribution in [2.24, 2.45) is 7.05 Å². The summed E-state index contributed by atoms with van der Waals surface area (Å²) in [7, 11) is 2.07. The third-order valence-electron chi connectivity index (χ3n) is 6.05. The lowest BCUT2D eigenvalue weighted by atomic mass is 10.0. The number of allylic oxidation sites excluding steroid dienone is 2. The van der Waals surface area contributed by atoms with E-state index in [1.807, 2.05) is 12.4 Å². The number of hydrogen-bond acceptors (Lipinski definition) is 6. The summed E-state index contributed by atoms with van der Waals surface area (Å²) in [5, 5.41) is 4.83. The highest BCUT2D eigenvalue weighted by molar-refractivity contribution is 5.97. The minimum absolute atomic E-state index is 0.751. The zero-order chi connectivity index (χ0) is 22.9. The van der Waals surface area contributed by atoms with E-state index in [4.69, 9.17) is 0 Å². The molecule has 0 spiro atoms. The molecule has 4 heterocycles. The highest BCUT2D eigenvalue weighted by atomic mass is 15.1. The molecule has 7 nitrogen and oxygen atoms in total. The Hall–Kier alpha value is -4.52. The first-order chi connectivity index (χ1) is 16.7. The van der Waals surface area contributed by atoms with E-state index in [1.54, 1.807) is 18.7 Å². The number of hydrogen-bond donors (Lipinski definition) is 1. The minimum atomic E-state index is 0.751. The van der Waals surface area contributed by atoms with Gasteiger partial charge in [-0.05, 0) is 53.6 Å². The standard InChI is InChI=1S/C27H23N7/c1-33-10-6-20-4-5-21(11-26(20)33)24-12-23(13-25-27(24)31-8-7-30-25)32-22-3-2-9-34(17-22)16-19-14-28-18-29-15-19/h2-15,18,32H,16-17H2,1H3. The van der Waals surface area contributed by atoms with Crippen molar-refractivity contribution in [2.75, 3.05) is 11.9 Å². The van der Waals surface area contributed by atoms with Crippen LogP contribution in [-0.2, 0) is 13.6 Å². The molecule has 0 saturated heterocycles. The summed E-state index contributed by atoms with van der Waals surface area (Å²) in [6.07, 6.45) is 17.1. The number of anilines is 1. The van der Waals surface area contributed by atoms with Crippen molar-refractivity contribution in [2.45, 2.75) is 6.54 Å². The van der Waals surface area contributed by atoms with E-state index in [2.05, 4.69) is 103 Å². The molecule has 0 aliphatic carbocycles. The minimum Gasteiger partial charge on any atom is -0.367 e. The van der Waals surface area contributed by atoms with Gasteiger partial charge in [0.1, 0.15) is 6.33 Å². The van der Waals surface area contributed by atoms with Crippen molar-refractivity contribution >= 4 is 27.6 Å². The Morgan fingerprint density at radius 1 is 1.00 bits per heavy atom. The van der Waals surface area contributed by atoms with Gasteiger partial charge in [-0.15, -0.1) is 0 Å².